The summed E-state index contributed by atoms with van der Waals surface area (Å²) in [4.78, 5) is 5.47. The number of para-hydroxylation sites is 1. The molecule has 4 nitrogen and oxygen atoms in total. The third kappa shape index (κ3) is 12.2. The van der Waals surface area contributed by atoms with Crippen LogP contribution in [0.3, 0.4) is 0 Å². The Balaban J connectivity index is 1.07. The summed E-state index contributed by atoms with van der Waals surface area (Å²) in [7, 11) is 0. The zero-order chi connectivity index (χ0) is 78.6. The maximum atomic E-state index is 7.20. The van der Waals surface area contributed by atoms with Gasteiger partial charge in [0.1, 0.15) is 11.2 Å². The molecule has 0 amide bonds. The Kier molecular flexibility index (Phi) is 16.5. The Morgan fingerprint density at radius 1 is 0.277 bits per heavy atom. The molecule has 18 rings (SSSR count). The zero-order valence-electron chi connectivity index (χ0n) is 69.4. The number of aromatic nitrogens is 1. The van der Waals surface area contributed by atoms with Gasteiger partial charge in [-0.3, -0.25) is 0 Å². The third-order valence-corrected chi connectivity index (χ3v) is 25.5. The average molecular weight is 1480 g/mol. The molecular weight excluding hydrogens is 1370 g/mol. The van der Waals surface area contributed by atoms with Gasteiger partial charge in [0.2, 0.25) is 0 Å². The molecule has 0 radical (unpaired) electrons. The molecular formula is C106H104BN3OS. The largest absolute Gasteiger partial charge is 0.456 e. The van der Waals surface area contributed by atoms with Crippen LogP contribution in [-0.4, -0.2) is 11.3 Å². The number of nitrogens with zero attached hydrogens (tertiary/aromatic N) is 3. The first-order valence-electron chi connectivity index (χ1n) is 40.5. The van der Waals surface area contributed by atoms with Crippen LogP contribution >= 0.6 is 11.3 Å². The minimum Gasteiger partial charge on any atom is -0.456 e. The van der Waals surface area contributed by atoms with E-state index in [1.54, 1.807) is 0 Å². The number of hydrogen-bond donors (Lipinski definition) is 0. The second-order valence-corrected chi connectivity index (χ2v) is 40.6. The van der Waals surface area contributed by atoms with Crippen LogP contribution in [0.25, 0.3) is 114 Å². The Bertz CT molecular complexity index is 6420. The van der Waals surface area contributed by atoms with Gasteiger partial charge in [-0.15, -0.1) is 11.3 Å². The molecule has 2 aliphatic rings. The fourth-order valence-electron chi connectivity index (χ4n) is 17.8. The van der Waals surface area contributed by atoms with Gasteiger partial charge in [-0.1, -0.05) is 309 Å². The lowest BCUT2D eigenvalue weighted by Crippen LogP contribution is -2.61. The second kappa shape index (κ2) is 25.4. The van der Waals surface area contributed by atoms with Crippen molar-refractivity contribution in [3.8, 4) is 50.2 Å². The number of anilines is 6. The summed E-state index contributed by atoms with van der Waals surface area (Å²) in [6, 6.07) is 97.8. The summed E-state index contributed by atoms with van der Waals surface area (Å²) >= 11 is 1.90. The number of benzene rings is 13. The van der Waals surface area contributed by atoms with Gasteiger partial charge in [0.15, 0.2) is 0 Å². The van der Waals surface area contributed by atoms with Crippen molar-refractivity contribution in [2.24, 2.45) is 0 Å². The van der Waals surface area contributed by atoms with E-state index in [9.17, 15) is 0 Å². The molecule has 112 heavy (non-hydrogen) atoms. The molecule has 0 atom stereocenters. The van der Waals surface area contributed by atoms with Crippen molar-refractivity contribution in [1.29, 1.82) is 0 Å². The van der Waals surface area contributed by atoms with Crippen LogP contribution in [0.4, 0.5) is 34.1 Å². The molecule has 0 saturated heterocycles. The summed E-state index contributed by atoms with van der Waals surface area (Å²) < 4.78 is 12.3. The Labute approximate surface area is 667 Å². The maximum Gasteiger partial charge on any atom is 0.252 e. The van der Waals surface area contributed by atoms with E-state index >= 15 is 0 Å². The topological polar surface area (TPSA) is 24.6 Å². The van der Waals surface area contributed by atoms with Crippen LogP contribution in [0.1, 0.15) is 184 Å². The fraction of sp³-hybridized carbons (Fsp3) is 0.264. The molecule has 0 bridgehead atoms. The molecule has 2 aliphatic heterocycles. The molecule has 3 aromatic heterocycles. The zero-order valence-corrected chi connectivity index (χ0v) is 70.2. The number of hydrogen-bond acceptors (Lipinski definition) is 4. The van der Waals surface area contributed by atoms with Crippen LogP contribution in [-0.2, 0) is 37.9 Å². The van der Waals surface area contributed by atoms with E-state index in [0.29, 0.717) is 0 Å². The van der Waals surface area contributed by atoms with Crippen LogP contribution in [0.15, 0.2) is 253 Å². The molecule has 0 saturated carbocycles. The van der Waals surface area contributed by atoms with E-state index in [4.69, 9.17) is 4.42 Å². The smallest absolute Gasteiger partial charge is 0.252 e. The Morgan fingerprint density at radius 2 is 0.768 bits per heavy atom. The quantitative estimate of drug-likeness (QED) is 0.149. The summed E-state index contributed by atoms with van der Waals surface area (Å²) in [6.07, 6.45) is 0. The van der Waals surface area contributed by atoms with E-state index in [1.807, 2.05) is 11.3 Å². The van der Waals surface area contributed by atoms with Crippen molar-refractivity contribution in [2.75, 3.05) is 9.80 Å². The highest BCUT2D eigenvalue weighted by Gasteiger charge is 2.46. The monoisotopic (exact) mass is 1480 g/mol. The van der Waals surface area contributed by atoms with Crippen LogP contribution in [0, 0.1) is 0 Å². The standard InChI is InChI=1S/C106H104BN3OS/c1-100(2,3)70-33-29-32-66(48-70)78-42-47-93-97(79-34-25-27-36-92(79)111-93)99(78)110-87-44-39-64(67-49-73(103(10,11)12)57-74(50-67)104(13,14)15)53-84(87)107-83-43-38-65(68-51-75(105(16,17)18)58-76(52-68)106(19,20)21)54-88(83)109(89-55-69(63-30-23-22-24-31-63)56-95-96(89)80-35-26-28-37-94(80)112-95)90-61-77(62-91(110)98(90)107)108-85-45-40-71(101(4,5)6)59-81(85)82-60-72(102(7,8)9)41-46-86(82)108/h22-62H,1-21H3. The first-order valence-corrected chi connectivity index (χ1v) is 41.3. The van der Waals surface area contributed by atoms with Gasteiger partial charge in [0.05, 0.1) is 33.5 Å². The Morgan fingerprint density at radius 3 is 1.36 bits per heavy atom. The second-order valence-electron chi connectivity index (χ2n) is 39.5. The first kappa shape index (κ1) is 72.9. The van der Waals surface area contributed by atoms with Crippen molar-refractivity contribution in [2.45, 2.75) is 183 Å². The highest BCUT2D eigenvalue weighted by Crippen LogP contribution is 2.56. The molecule has 0 aliphatic carbocycles. The molecule has 0 fully saturated rings. The summed E-state index contributed by atoms with van der Waals surface area (Å²) in [6.45, 7) is 49.2. The highest BCUT2D eigenvalue weighted by molar-refractivity contribution is 7.26. The van der Waals surface area contributed by atoms with Crippen LogP contribution < -0.4 is 26.2 Å². The average Bonchev–Trinajstić information content (AvgIpc) is 1.01. The molecule has 0 unspecified atom stereocenters. The summed E-state index contributed by atoms with van der Waals surface area (Å²) in [5, 5.41) is 7.11. The van der Waals surface area contributed by atoms with Gasteiger partial charge in [-0.2, -0.15) is 0 Å². The minimum absolute atomic E-state index is 0.101. The van der Waals surface area contributed by atoms with E-state index < -0.39 is 0 Å². The van der Waals surface area contributed by atoms with Crippen molar-refractivity contribution in [3.63, 3.8) is 0 Å². The fourth-order valence-corrected chi connectivity index (χ4v) is 18.9. The van der Waals surface area contributed by atoms with Crippen LogP contribution in [0.2, 0.25) is 0 Å². The molecule has 0 spiro atoms. The first-order chi connectivity index (χ1) is 52.9. The van der Waals surface area contributed by atoms with E-state index in [2.05, 4.69) is 408 Å². The normalized spacial score (nSPS) is 13.7. The lowest BCUT2D eigenvalue weighted by molar-refractivity contribution is 0.568. The van der Waals surface area contributed by atoms with E-state index in [-0.39, 0.29) is 44.6 Å². The number of furan rings is 1. The van der Waals surface area contributed by atoms with E-state index in [0.717, 1.165) is 83.9 Å². The van der Waals surface area contributed by atoms with Gasteiger partial charge in [-0.25, -0.2) is 0 Å². The maximum absolute atomic E-state index is 7.20. The van der Waals surface area contributed by atoms with E-state index in [1.165, 1.54) is 120 Å². The lowest BCUT2D eigenvalue weighted by atomic mass is 9.33. The molecule has 5 heterocycles. The van der Waals surface area contributed by atoms with Crippen molar-refractivity contribution < 1.29 is 4.42 Å². The van der Waals surface area contributed by atoms with Crippen molar-refractivity contribution in [3.05, 3.63) is 288 Å². The molecule has 6 heteroatoms. The van der Waals surface area contributed by atoms with Gasteiger partial charge in [0, 0.05) is 64.6 Å². The number of thiophene rings is 1. The summed E-state index contributed by atoms with van der Waals surface area (Å²) in [5.41, 5.74) is 33.4. The molecule has 0 N–H and O–H groups in total. The van der Waals surface area contributed by atoms with Crippen molar-refractivity contribution >= 4 is 132 Å². The number of rotatable bonds is 7. The van der Waals surface area contributed by atoms with Gasteiger partial charge in [0.25, 0.3) is 6.71 Å². The Hall–Kier alpha value is -10.7. The predicted octanol–water partition coefficient (Wildman–Crippen LogP) is 28.9. The molecule has 558 valence electrons. The van der Waals surface area contributed by atoms with Gasteiger partial charge in [-0.05, 0) is 217 Å². The SMILES string of the molecule is CC(C)(C)c1cccc(-c2ccc3oc4ccccc4c3c2N2c3ccc(-c4cc(C(C)(C)C)cc(C(C)(C)C)c4)cc3B3c4ccc(-c5cc(C(C)(C)C)cc(C(C)(C)C)c5)cc4N(c4cc(-c5ccccc5)cc5sc6ccccc6c45)c4cc(-n5c6ccc(C(C)(C)C)cc6c6cc(C(C)(C)C)ccc65)cc2c43)c1. The predicted molar refractivity (Wildman–Crippen MR) is 488 cm³/mol. The highest BCUT2D eigenvalue weighted by atomic mass is 32.1. The minimum atomic E-state index is -0.286. The van der Waals surface area contributed by atoms with Gasteiger partial charge >= 0.3 is 0 Å². The van der Waals surface area contributed by atoms with Crippen molar-refractivity contribution in [1.82, 2.24) is 4.57 Å². The van der Waals surface area contributed by atoms with Gasteiger partial charge < -0.3 is 18.8 Å². The molecule has 13 aromatic carbocycles. The number of fused-ring (bicyclic) bond motifs is 13. The summed E-state index contributed by atoms with van der Waals surface area (Å²) in [5.74, 6) is 0. The molecule has 16 aromatic rings. The van der Waals surface area contributed by atoms with Crippen LogP contribution in [0.5, 0.6) is 0 Å². The lowest BCUT2D eigenvalue weighted by Gasteiger charge is -2.45. The third-order valence-electron chi connectivity index (χ3n) is 24.4.